The van der Waals surface area contributed by atoms with Gasteiger partial charge in [-0.15, -0.1) is 0 Å². The number of nitrogens with one attached hydrogen (secondary N) is 2. The van der Waals surface area contributed by atoms with E-state index in [-0.39, 0.29) is 31.4 Å². The van der Waals surface area contributed by atoms with Crippen LogP contribution in [0.15, 0.2) is 48.9 Å². The summed E-state index contributed by atoms with van der Waals surface area (Å²) in [5.74, 6) is 1.23. The van der Waals surface area contributed by atoms with Crippen molar-refractivity contribution < 1.29 is 19.1 Å². The molecule has 0 radical (unpaired) electrons. The standard InChI is InChI=1S/C23H29N7O4/c1-17-4-6-19(7-5-17)33-13-11-29(3)22(32)16-30-15-18(14-26-30)27-20(31)9-12-34-21-8-10-25-23(24-2)28-21/h4-8,10,14-15H,9,11-13,16H2,1-3H3,(H,27,31)(H,24,25,28). The molecular formula is C23H29N7O4. The number of rotatable bonds is 12. The molecule has 0 unspecified atom stereocenters. The Hall–Kier alpha value is -4.15. The molecule has 0 spiro atoms. The number of carbonyl (C=O) groups is 2. The summed E-state index contributed by atoms with van der Waals surface area (Å²) < 4.78 is 12.6. The van der Waals surface area contributed by atoms with Crippen molar-refractivity contribution in [1.82, 2.24) is 24.6 Å². The van der Waals surface area contributed by atoms with Crippen LogP contribution in [0.4, 0.5) is 11.6 Å². The lowest BCUT2D eigenvalue weighted by Gasteiger charge is -2.17. The average molecular weight is 468 g/mol. The highest BCUT2D eigenvalue weighted by atomic mass is 16.5. The Morgan fingerprint density at radius 3 is 2.68 bits per heavy atom. The van der Waals surface area contributed by atoms with Crippen molar-refractivity contribution in [3.05, 3.63) is 54.5 Å². The maximum Gasteiger partial charge on any atom is 0.244 e. The molecule has 1 aromatic carbocycles. The van der Waals surface area contributed by atoms with Crippen LogP contribution < -0.4 is 20.1 Å². The third kappa shape index (κ3) is 7.76. The van der Waals surface area contributed by atoms with Gasteiger partial charge in [-0.3, -0.25) is 14.3 Å². The number of anilines is 2. The van der Waals surface area contributed by atoms with Gasteiger partial charge in [0, 0.05) is 32.6 Å². The molecule has 0 aliphatic carbocycles. The van der Waals surface area contributed by atoms with E-state index >= 15 is 0 Å². The van der Waals surface area contributed by atoms with Gasteiger partial charge in [-0.1, -0.05) is 17.7 Å². The number of carbonyl (C=O) groups excluding carboxylic acids is 2. The molecule has 2 N–H and O–H groups in total. The van der Waals surface area contributed by atoms with Gasteiger partial charge < -0.3 is 25.0 Å². The van der Waals surface area contributed by atoms with Crippen LogP contribution in [0.2, 0.25) is 0 Å². The van der Waals surface area contributed by atoms with Gasteiger partial charge in [0.05, 0.1) is 31.5 Å². The monoisotopic (exact) mass is 467 g/mol. The van der Waals surface area contributed by atoms with Gasteiger partial charge in [0.25, 0.3) is 0 Å². The van der Waals surface area contributed by atoms with Crippen molar-refractivity contribution in [3.63, 3.8) is 0 Å². The van der Waals surface area contributed by atoms with Crippen molar-refractivity contribution >= 4 is 23.5 Å². The van der Waals surface area contributed by atoms with E-state index in [0.717, 1.165) is 11.3 Å². The van der Waals surface area contributed by atoms with Crippen molar-refractivity contribution in [1.29, 1.82) is 0 Å². The third-order valence-corrected chi connectivity index (χ3v) is 4.79. The molecule has 2 aromatic heterocycles. The second-order valence-electron chi connectivity index (χ2n) is 7.52. The number of benzene rings is 1. The fourth-order valence-electron chi connectivity index (χ4n) is 2.85. The minimum atomic E-state index is -0.237. The zero-order valence-corrected chi connectivity index (χ0v) is 19.5. The fourth-order valence-corrected chi connectivity index (χ4v) is 2.85. The molecule has 0 fully saturated rings. The van der Waals surface area contributed by atoms with Gasteiger partial charge in [-0.25, -0.2) is 4.98 Å². The van der Waals surface area contributed by atoms with Crippen LogP contribution in [0.5, 0.6) is 11.6 Å². The SMILES string of the molecule is CNc1nccc(OCCC(=O)Nc2cnn(CC(=O)N(C)CCOc3ccc(C)cc3)c2)n1. The van der Waals surface area contributed by atoms with Gasteiger partial charge in [0.15, 0.2) is 0 Å². The van der Waals surface area contributed by atoms with E-state index in [9.17, 15) is 9.59 Å². The zero-order valence-electron chi connectivity index (χ0n) is 19.5. The molecule has 3 aromatic rings. The Kier molecular flexibility index (Phi) is 8.78. The molecule has 3 rings (SSSR count). The average Bonchev–Trinajstić information content (AvgIpc) is 3.26. The van der Waals surface area contributed by atoms with E-state index in [4.69, 9.17) is 9.47 Å². The van der Waals surface area contributed by atoms with Crippen molar-refractivity contribution in [2.24, 2.45) is 0 Å². The van der Waals surface area contributed by atoms with Crippen molar-refractivity contribution in [2.75, 3.05) is 44.5 Å². The molecule has 2 heterocycles. The lowest BCUT2D eigenvalue weighted by molar-refractivity contribution is -0.131. The second kappa shape index (κ2) is 12.2. The van der Waals surface area contributed by atoms with E-state index in [1.54, 1.807) is 37.5 Å². The van der Waals surface area contributed by atoms with Crippen LogP contribution in [0.25, 0.3) is 0 Å². The predicted molar refractivity (Wildman–Crippen MR) is 127 cm³/mol. The number of ether oxygens (including phenoxy) is 2. The number of likely N-dealkylation sites (N-methyl/N-ethyl adjacent to an activating group) is 1. The number of hydrogen-bond acceptors (Lipinski definition) is 8. The molecule has 0 aliphatic heterocycles. The quantitative estimate of drug-likeness (QED) is 0.414. The highest BCUT2D eigenvalue weighted by Gasteiger charge is 2.12. The summed E-state index contributed by atoms with van der Waals surface area (Å²) in [6, 6.07) is 9.37. The largest absolute Gasteiger partial charge is 0.492 e. The minimum absolute atomic E-state index is 0.0571. The molecule has 11 heteroatoms. The molecule has 34 heavy (non-hydrogen) atoms. The highest BCUT2D eigenvalue weighted by molar-refractivity contribution is 5.90. The van der Waals surface area contributed by atoms with Crippen LogP contribution in [-0.2, 0) is 16.1 Å². The van der Waals surface area contributed by atoms with Crippen molar-refractivity contribution in [2.45, 2.75) is 19.9 Å². The summed E-state index contributed by atoms with van der Waals surface area (Å²) in [4.78, 5) is 34.3. The van der Waals surface area contributed by atoms with Crippen LogP contribution in [0.3, 0.4) is 0 Å². The third-order valence-electron chi connectivity index (χ3n) is 4.79. The lowest BCUT2D eigenvalue weighted by Crippen LogP contribution is -2.33. The fraction of sp³-hybridized carbons (Fsp3) is 0.348. The van der Waals surface area contributed by atoms with Gasteiger partial charge in [-0.05, 0) is 19.1 Å². The Morgan fingerprint density at radius 2 is 1.91 bits per heavy atom. The molecule has 2 amide bonds. The molecule has 0 saturated carbocycles. The Morgan fingerprint density at radius 1 is 1.12 bits per heavy atom. The summed E-state index contributed by atoms with van der Waals surface area (Å²) in [5, 5.41) is 9.70. The maximum atomic E-state index is 12.4. The van der Waals surface area contributed by atoms with E-state index in [1.807, 2.05) is 31.2 Å². The first-order valence-corrected chi connectivity index (χ1v) is 10.8. The number of aryl methyl sites for hydroxylation is 1. The van der Waals surface area contributed by atoms with Crippen LogP contribution >= 0.6 is 0 Å². The van der Waals surface area contributed by atoms with Gasteiger partial charge in [0.2, 0.25) is 23.6 Å². The molecule has 11 nitrogen and oxygen atoms in total. The smallest absolute Gasteiger partial charge is 0.244 e. The second-order valence-corrected chi connectivity index (χ2v) is 7.52. The van der Waals surface area contributed by atoms with Crippen LogP contribution in [0.1, 0.15) is 12.0 Å². The summed E-state index contributed by atoms with van der Waals surface area (Å²) in [6.45, 7) is 3.06. The molecule has 0 atom stereocenters. The van der Waals surface area contributed by atoms with Crippen molar-refractivity contribution in [3.8, 4) is 11.6 Å². The van der Waals surface area contributed by atoms with E-state index in [2.05, 4.69) is 25.7 Å². The summed E-state index contributed by atoms with van der Waals surface area (Å²) in [6.07, 6.45) is 4.80. The van der Waals surface area contributed by atoms with E-state index in [0.29, 0.717) is 30.7 Å². The summed E-state index contributed by atoms with van der Waals surface area (Å²) in [5.41, 5.74) is 1.66. The minimum Gasteiger partial charge on any atom is -0.492 e. The van der Waals surface area contributed by atoms with Gasteiger partial charge >= 0.3 is 0 Å². The topological polar surface area (TPSA) is 124 Å². The molecule has 0 aliphatic rings. The van der Waals surface area contributed by atoms with Crippen LogP contribution in [-0.4, -0.2) is 70.3 Å². The van der Waals surface area contributed by atoms with E-state index < -0.39 is 0 Å². The Balaban J connectivity index is 1.36. The Bertz CT molecular complexity index is 1080. The summed E-state index contributed by atoms with van der Waals surface area (Å²) in [7, 11) is 3.42. The predicted octanol–water partition coefficient (Wildman–Crippen LogP) is 1.97. The first-order valence-electron chi connectivity index (χ1n) is 10.8. The maximum absolute atomic E-state index is 12.4. The number of hydrogen-bond donors (Lipinski definition) is 2. The molecule has 0 bridgehead atoms. The molecule has 180 valence electrons. The highest BCUT2D eigenvalue weighted by Crippen LogP contribution is 2.12. The number of amides is 2. The van der Waals surface area contributed by atoms with Gasteiger partial charge in [0.1, 0.15) is 18.9 Å². The first kappa shape index (κ1) is 24.5. The number of nitrogens with zero attached hydrogens (tertiary/aromatic N) is 5. The molecular weight excluding hydrogens is 438 g/mol. The van der Waals surface area contributed by atoms with Gasteiger partial charge in [-0.2, -0.15) is 10.1 Å². The first-order chi connectivity index (χ1) is 16.4. The molecule has 0 saturated heterocycles. The lowest BCUT2D eigenvalue weighted by atomic mass is 10.2. The Labute approximate surface area is 198 Å². The van der Waals surface area contributed by atoms with Crippen LogP contribution in [0, 0.1) is 6.92 Å². The van der Waals surface area contributed by atoms with E-state index in [1.165, 1.54) is 10.9 Å². The normalized spacial score (nSPS) is 10.4. The number of aromatic nitrogens is 4. The summed E-state index contributed by atoms with van der Waals surface area (Å²) >= 11 is 0. The zero-order chi connectivity index (χ0) is 24.3.